The van der Waals surface area contributed by atoms with Crippen LogP contribution < -0.4 is 11.0 Å². The number of aryl methyl sites for hydroxylation is 1. The lowest BCUT2D eigenvalue weighted by Gasteiger charge is -2.08. The number of hydrogen-bond acceptors (Lipinski definition) is 7. The Hall–Kier alpha value is -3.69. The Bertz CT molecular complexity index is 1150. The second kappa shape index (κ2) is 5.74. The van der Waals surface area contributed by atoms with Gasteiger partial charge in [0.25, 0.3) is 17.2 Å². The summed E-state index contributed by atoms with van der Waals surface area (Å²) in [4.78, 5) is 32.8. The molecule has 0 bridgehead atoms. The Labute approximate surface area is 140 Å². The van der Waals surface area contributed by atoms with Gasteiger partial charge in [-0.2, -0.15) is 9.50 Å². The highest BCUT2D eigenvalue weighted by Crippen LogP contribution is 2.08. The zero-order valence-corrected chi connectivity index (χ0v) is 13.1. The largest absolute Gasteiger partial charge is 0.299 e. The standard InChI is InChI=1S/C15H12N8O2/c1-2-11-17-15-19-18-12-10(23(15)20-11)5-8-22(14(12)25)21-13(24)9-3-6-16-7-4-9/h3-8H,2H2,1H3,(H,21,24). The number of carbonyl (C=O) groups is 1. The van der Waals surface area contributed by atoms with Gasteiger partial charge in [0.2, 0.25) is 0 Å². The average molecular weight is 336 g/mol. The maximum Gasteiger partial charge on any atom is 0.299 e. The van der Waals surface area contributed by atoms with E-state index in [2.05, 4.69) is 30.7 Å². The lowest BCUT2D eigenvalue weighted by Crippen LogP contribution is -2.33. The fraction of sp³-hybridized carbons (Fsp3) is 0.133. The molecule has 0 aliphatic carbocycles. The van der Waals surface area contributed by atoms with E-state index in [9.17, 15) is 9.59 Å². The third-order valence-corrected chi connectivity index (χ3v) is 3.63. The van der Waals surface area contributed by atoms with Crippen LogP contribution in [0.3, 0.4) is 0 Å². The van der Waals surface area contributed by atoms with Crippen molar-refractivity contribution in [2.75, 3.05) is 5.43 Å². The van der Waals surface area contributed by atoms with Crippen LogP contribution in [0.4, 0.5) is 0 Å². The first-order chi connectivity index (χ1) is 12.2. The molecule has 0 aliphatic rings. The van der Waals surface area contributed by atoms with Crippen LogP contribution in [-0.2, 0) is 6.42 Å². The average Bonchev–Trinajstić information content (AvgIpc) is 3.08. The minimum atomic E-state index is -0.511. The predicted molar refractivity (Wildman–Crippen MR) is 87.6 cm³/mol. The molecule has 10 nitrogen and oxygen atoms in total. The maximum absolute atomic E-state index is 12.6. The van der Waals surface area contributed by atoms with Crippen molar-refractivity contribution >= 4 is 22.7 Å². The van der Waals surface area contributed by atoms with Crippen LogP contribution in [0.25, 0.3) is 16.8 Å². The Morgan fingerprint density at radius 3 is 2.76 bits per heavy atom. The van der Waals surface area contributed by atoms with Crippen molar-refractivity contribution in [1.29, 1.82) is 0 Å². The summed E-state index contributed by atoms with van der Waals surface area (Å²) in [5, 5.41) is 12.2. The Kier molecular flexibility index (Phi) is 3.42. The first-order valence-corrected chi connectivity index (χ1v) is 7.52. The molecule has 0 spiro atoms. The van der Waals surface area contributed by atoms with Crippen LogP contribution in [-0.4, -0.2) is 40.4 Å². The lowest BCUT2D eigenvalue weighted by molar-refractivity contribution is 0.101. The molecule has 0 saturated heterocycles. The first kappa shape index (κ1) is 14.9. The maximum atomic E-state index is 12.6. The van der Waals surface area contributed by atoms with E-state index in [0.717, 1.165) is 4.68 Å². The normalized spacial score (nSPS) is 11.1. The van der Waals surface area contributed by atoms with Crippen LogP contribution in [0.1, 0.15) is 23.1 Å². The van der Waals surface area contributed by atoms with Crippen molar-refractivity contribution in [3.05, 3.63) is 58.5 Å². The number of carbonyl (C=O) groups excluding carboxylic acids is 1. The molecule has 25 heavy (non-hydrogen) atoms. The minimum Gasteiger partial charge on any atom is -0.267 e. The molecule has 0 saturated carbocycles. The van der Waals surface area contributed by atoms with Gasteiger partial charge in [-0.05, 0) is 18.2 Å². The molecule has 0 radical (unpaired) electrons. The van der Waals surface area contributed by atoms with Gasteiger partial charge >= 0.3 is 0 Å². The quantitative estimate of drug-likeness (QED) is 0.566. The molecule has 10 heteroatoms. The van der Waals surface area contributed by atoms with Crippen LogP contribution in [0.15, 0.2) is 41.6 Å². The highest BCUT2D eigenvalue weighted by Gasteiger charge is 2.13. The monoisotopic (exact) mass is 336 g/mol. The molecule has 4 rings (SSSR count). The topological polar surface area (TPSA) is 120 Å². The number of rotatable bonds is 3. The van der Waals surface area contributed by atoms with Gasteiger partial charge in [-0.3, -0.25) is 20.0 Å². The number of aromatic nitrogens is 7. The molecule has 0 aromatic carbocycles. The smallest absolute Gasteiger partial charge is 0.267 e. The van der Waals surface area contributed by atoms with Gasteiger partial charge in [0, 0.05) is 30.6 Å². The molecule has 1 N–H and O–H groups in total. The first-order valence-electron chi connectivity index (χ1n) is 7.52. The summed E-state index contributed by atoms with van der Waals surface area (Å²) in [5.74, 6) is 0.492. The van der Waals surface area contributed by atoms with Crippen molar-refractivity contribution < 1.29 is 4.79 Å². The highest BCUT2D eigenvalue weighted by molar-refractivity contribution is 5.99. The summed E-state index contributed by atoms with van der Waals surface area (Å²) in [5.41, 5.74) is 2.93. The summed E-state index contributed by atoms with van der Waals surface area (Å²) in [6.07, 6.45) is 5.08. The van der Waals surface area contributed by atoms with Crippen molar-refractivity contribution in [2.24, 2.45) is 0 Å². The molecule has 0 aliphatic heterocycles. The number of pyridine rings is 2. The number of fused-ring (bicyclic) bond motifs is 3. The third-order valence-electron chi connectivity index (χ3n) is 3.63. The summed E-state index contributed by atoms with van der Waals surface area (Å²) in [6, 6.07) is 4.72. The highest BCUT2D eigenvalue weighted by atomic mass is 16.2. The van der Waals surface area contributed by atoms with E-state index >= 15 is 0 Å². The Morgan fingerprint density at radius 2 is 2.00 bits per heavy atom. The molecular weight excluding hydrogens is 324 g/mol. The van der Waals surface area contributed by atoms with Gasteiger partial charge in [-0.25, -0.2) is 4.68 Å². The van der Waals surface area contributed by atoms with Crippen LogP contribution in [0, 0.1) is 0 Å². The zero-order chi connectivity index (χ0) is 17.4. The van der Waals surface area contributed by atoms with E-state index in [1.807, 2.05) is 6.92 Å². The van der Waals surface area contributed by atoms with Gasteiger partial charge in [0.05, 0.1) is 0 Å². The van der Waals surface area contributed by atoms with Gasteiger partial charge in [-0.1, -0.05) is 6.92 Å². The molecule has 0 fully saturated rings. The Morgan fingerprint density at radius 1 is 1.20 bits per heavy atom. The van der Waals surface area contributed by atoms with E-state index in [4.69, 9.17) is 0 Å². The van der Waals surface area contributed by atoms with E-state index in [-0.39, 0.29) is 5.52 Å². The van der Waals surface area contributed by atoms with Crippen molar-refractivity contribution in [2.45, 2.75) is 13.3 Å². The van der Waals surface area contributed by atoms with Crippen LogP contribution >= 0.6 is 0 Å². The van der Waals surface area contributed by atoms with Crippen molar-refractivity contribution in [3.63, 3.8) is 0 Å². The molecule has 0 unspecified atom stereocenters. The van der Waals surface area contributed by atoms with Crippen LogP contribution in [0.2, 0.25) is 0 Å². The molecule has 4 heterocycles. The molecule has 4 aromatic heterocycles. The molecule has 1 amide bonds. The summed E-state index contributed by atoms with van der Waals surface area (Å²) >= 11 is 0. The number of amides is 1. The molecule has 0 atom stereocenters. The Balaban J connectivity index is 1.79. The molecule has 124 valence electrons. The second-order valence-corrected chi connectivity index (χ2v) is 5.19. The minimum absolute atomic E-state index is 0.0811. The van der Waals surface area contributed by atoms with Crippen molar-refractivity contribution in [1.82, 2.24) is 34.5 Å². The van der Waals surface area contributed by atoms with Gasteiger partial charge in [0.1, 0.15) is 5.52 Å². The number of nitrogens with one attached hydrogen (secondary N) is 1. The zero-order valence-electron chi connectivity index (χ0n) is 13.1. The van der Waals surface area contributed by atoms with E-state index in [0.29, 0.717) is 29.1 Å². The SMILES string of the molecule is CCc1nc2nnc3c(=O)n(NC(=O)c4ccncc4)ccc3n2n1. The van der Waals surface area contributed by atoms with Gasteiger partial charge in [-0.15, -0.1) is 15.3 Å². The fourth-order valence-corrected chi connectivity index (χ4v) is 2.36. The number of nitrogens with zero attached hydrogens (tertiary/aromatic N) is 7. The van der Waals surface area contributed by atoms with Gasteiger partial charge in [0.15, 0.2) is 11.3 Å². The summed E-state index contributed by atoms with van der Waals surface area (Å²) in [7, 11) is 0. The van der Waals surface area contributed by atoms with Crippen LogP contribution in [0.5, 0.6) is 0 Å². The van der Waals surface area contributed by atoms with Crippen molar-refractivity contribution in [3.8, 4) is 0 Å². The van der Waals surface area contributed by atoms with E-state index in [1.165, 1.54) is 23.1 Å². The van der Waals surface area contributed by atoms with E-state index < -0.39 is 11.5 Å². The molecule has 4 aromatic rings. The summed E-state index contributed by atoms with van der Waals surface area (Å²) < 4.78 is 2.53. The second-order valence-electron chi connectivity index (χ2n) is 5.19. The summed E-state index contributed by atoms with van der Waals surface area (Å²) in [6.45, 7) is 1.92. The lowest BCUT2D eigenvalue weighted by atomic mass is 10.2. The fourth-order valence-electron chi connectivity index (χ4n) is 2.36. The third kappa shape index (κ3) is 2.49. The molecular formula is C15H12N8O2. The van der Waals surface area contributed by atoms with Gasteiger partial charge < -0.3 is 0 Å². The number of hydrogen-bond donors (Lipinski definition) is 1. The predicted octanol–water partition coefficient (Wildman–Crippen LogP) is 0.175. The van der Waals surface area contributed by atoms with E-state index in [1.54, 1.807) is 18.2 Å².